The molecule has 2 N–H and O–H groups in total. The third-order valence-electron chi connectivity index (χ3n) is 5.24. The number of aryl methyl sites for hydroxylation is 3. The highest BCUT2D eigenvalue weighted by Gasteiger charge is 2.28. The number of amides is 2. The Morgan fingerprint density at radius 1 is 0.914 bits per heavy atom. The molecule has 0 atom stereocenters. The van der Waals surface area contributed by atoms with Gasteiger partial charge in [0, 0.05) is 6.54 Å². The van der Waals surface area contributed by atoms with E-state index in [2.05, 4.69) is 17.2 Å². The number of sulfonamides is 1. The minimum atomic E-state index is -4.05. The van der Waals surface area contributed by atoms with Crippen molar-refractivity contribution < 1.29 is 18.0 Å². The molecule has 0 heterocycles. The van der Waals surface area contributed by atoms with Crippen LogP contribution in [0.5, 0.6) is 0 Å². The molecule has 2 amide bonds. The van der Waals surface area contributed by atoms with Crippen LogP contribution in [0.25, 0.3) is 0 Å². The second-order valence-electron chi connectivity index (χ2n) is 8.26. The van der Waals surface area contributed by atoms with Crippen LogP contribution in [-0.2, 0) is 14.8 Å². The molecule has 0 bridgehead atoms. The molecule has 0 fully saturated rings. The van der Waals surface area contributed by atoms with E-state index in [1.807, 2.05) is 26.8 Å². The molecule has 182 valence electrons. The van der Waals surface area contributed by atoms with E-state index in [0.717, 1.165) is 21.0 Å². The largest absolute Gasteiger partial charge is 0.349 e. The molecule has 0 aliphatic rings. The van der Waals surface area contributed by atoms with Crippen LogP contribution in [0.15, 0.2) is 84.3 Å². The fourth-order valence-electron chi connectivity index (χ4n) is 3.62. The molecule has 0 aliphatic heterocycles. The summed E-state index contributed by atoms with van der Waals surface area (Å²) in [7, 11) is -4.05. The number of para-hydroxylation sites is 1. The van der Waals surface area contributed by atoms with Crippen LogP contribution in [0.2, 0.25) is 0 Å². The summed E-state index contributed by atoms with van der Waals surface area (Å²) < 4.78 is 28.3. The summed E-state index contributed by atoms with van der Waals surface area (Å²) in [6, 6.07) is 18.4. The van der Waals surface area contributed by atoms with E-state index in [0.29, 0.717) is 5.69 Å². The number of benzene rings is 3. The van der Waals surface area contributed by atoms with Gasteiger partial charge in [0.2, 0.25) is 5.91 Å². The number of anilines is 2. The zero-order chi connectivity index (χ0) is 25.6. The quantitative estimate of drug-likeness (QED) is 0.435. The van der Waals surface area contributed by atoms with E-state index >= 15 is 0 Å². The highest BCUT2D eigenvalue weighted by molar-refractivity contribution is 7.92. The molecule has 0 aliphatic carbocycles. The van der Waals surface area contributed by atoms with E-state index in [1.54, 1.807) is 54.6 Å². The van der Waals surface area contributed by atoms with Gasteiger partial charge >= 0.3 is 0 Å². The highest BCUT2D eigenvalue weighted by Crippen LogP contribution is 2.26. The molecule has 0 spiro atoms. The van der Waals surface area contributed by atoms with Crippen molar-refractivity contribution in [3.05, 3.63) is 102 Å². The average molecular weight is 492 g/mol. The Kier molecular flexibility index (Phi) is 8.09. The Labute approximate surface area is 206 Å². The fraction of sp³-hybridized carbons (Fsp3) is 0.185. The maximum atomic E-state index is 13.6. The standard InChI is InChI=1S/C27H29N3O4S/c1-5-14-28-27(32)24-8-6-7-9-25(24)29-26(31)18-30(22-16-20(3)15-21(4)17-22)35(33,34)23-12-10-19(2)11-13-23/h5-13,15-17H,1,14,18H2,2-4H3,(H,28,32)(H,29,31). The third-order valence-corrected chi connectivity index (χ3v) is 7.03. The molecule has 3 rings (SSSR count). The van der Waals surface area contributed by atoms with Gasteiger partial charge in [0.1, 0.15) is 6.54 Å². The monoisotopic (exact) mass is 491 g/mol. The number of nitrogens with one attached hydrogen (secondary N) is 2. The SMILES string of the molecule is C=CCNC(=O)c1ccccc1NC(=O)CN(c1cc(C)cc(C)c1)S(=O)(=O)c1ccc(C)cc1. The first-order valence-corrected chi connectivity index (χ1v) is 12.5. The molecule has 35 heavy (non-hydrogen) atoms. The summed E-state index contributed by atoms with van der Waals surface area (Å²) in [5, 5.41) is 5.38. The van der Waals surface area contributed by atoms with Crippen molar-refractivity contribution >= 4 is 33.2 Å². The minimum Gasteiger partial charge on any atom is -0.349 e. The Hall–Kier alpha value is -3.91. The molecular weight excluding hydrogens is 462 g/mol. The Bertz CT molecular complexity index is 1330. The van der Waals surface area contributed by atoms with Gasteiger partial charge in [-0.3, -0.25) is 13.9 Å². The Morgan fingerprint density at radius 2 is 1.54 bits per heavy atom. The van der Waals surface area contributed by atoms with Crippen molar-refractivity contribution in [2.45, 2.75) is 25.7 Å². The van der Waals surface area contributed by atoms with E-state index in [4.69, 9.17) is 0 Å². The number of hydrogen-bond acceptors (Lipinski definition) is 4. The number of carbonyl (C=O) groups is 2. The number of hydrogen-bond donors (Lipinski definition) is 2. The fourth-order valence-corrected chi connectivity index (χ4v) is 5.02. The number of carbonyl (C=O) groups excluding carboxylic acids is 2. The van der Waals surface area contributed by atoms with Crippen LogP contribution in [0.4, 0.5) is 11.4 Å². The van der Waals surface area contributed by atoms with Crippen LogP contribution in [-0.4, -0.2) is 33.3 Å². The molecule has 0 saturated carbocycles. The minimum absolute atomic E-state index is 0.0827. The van der Waals surface area contributed by atoms with Crippen molar-refractivity contribution in [3.8, 4) is 0 Å². The highest BCUT2D eigenvalue weighted by atomic mass is 32.2. The van der Waals surface area contributed by atoms with Crippen molar-refractivity contribution in [2.24, 2.45) is 0 Å². The first kappa shape index (κ1) is 25.7. The van der Waals surface area contributed by atoms with Crippen molar-refractivity contribution in [1.29, 1.82) is 0 Å². The summed E-state index contributed by atoms with van der Waals surface area (Å²) in [4.78, 5) is 25.7. The number of nitrogens with zero attached hydrogens (tertiary/aromatic N) is 1. The first-order chi connectivity index (χ1) is 16.6. The lowest BCUT2D eigenvalue weighted by Crippen LogP contribution is -2.38. The summed E-state index contributed by atoms with van der Waals surface area (Å²) in [5.41, 5.74) is 3.60. The molecule has 0 radical (unpaired) electrons. The van der Waals surface area contributed by atoms with Gasteiger partial charge in [0.05, 0.1) is 21.8 Å². The topological polar surface area (TPSA) is 95.6 Å². The predicted molar refractivity (Wildman–Crippen MR) is 139 cm³/mol. The van der Waals surface area contributed by atoms with E-state index in [1.165, 1.54) is 12.1 Å². The van der Waals surface area contributed by atoms with Crippen LogP contribution in [0, 0.1) is 20.8 Å². The lowest BCUT2D eigenvalue weighted by atomic mass is 10.1. The molecule has 0 aromatic heterocycles. The van der Waals surface area contributed by atoms with Crippen molar-refractivity contribution in [3.63, 3.8) is 0 Å². The molecule has 0 saturated heterocycles. The van der Waals surface area contributed by atoms with Crippen molar-refractivity contribution in [2.75, 3.05) is 22.7 Å². The smallest absolute Gasteiger partial charge is 0.264 e. The average Bonchev–Trinajstić information content (AvgIpc) is 2.81. The zero-order valence-corrected chi connectivity index (χ0v) is 20.9. The molecule has 3 aromatic rings. The maximum Gasteiger partial charge on any atom is 0.264 e. The molecule has 3 aromatic carbocycles. The molecule has 7 nitrogen and oxygen atoms in total. The van der Waals surface area contributed by atoms with E-state index in [9.17, 15) is 18.0 Å². The normalized spacial score (nSPS) is 10.9. The van der Waals surface area contributed by atoms with Gasteiger partial charge in [0.15, 0.2) is 0 Å². The Balaban J connectivity index is 1.96. The van der Waals surface area contributed by atoms with Crippen LogP contribution in [0.3, 0.4) is 0 Å². The summed E-state index contributed by atoms with van der Waals surface area (Å²) in [6.07, 6.45) is 1.55. The lowest BCUT2D eigenvalue weighted by molar-refractivity contribution is -0.114. The molecule has 8 heteroatoms. The number of rotatable bonds is 9. The van der Waals surface area contributed by atoms with Gasteiger partial charge in [-0.1, -0.05) is 42.0 Å². The molecule has 0 unspecified atom stereocenters. The Morgan fingerprint density at radius 3 is 2.17 bits per heavy atom. The van der Waals surface area contributed by atoms with Gasteiger partial charge in [-0.25, -0.2) is 8.42 Å². The zero-order valence-electron chi connectivity index (χ0n) is 20.0. The van der Waals surface area contributed by atoms with Crippen LogP contribution >= 0.6 is 0 Å². The van der Waals surface area contributed by atoms with Gasteiger partial charge in [-0.2, -0.15) is 0 Å². The molecular formula is C27H29N3O4S. The summed E-state index contributed by atoms with van der Waals surface area (Å²) in [6.45, 7) is 8.98. The van der Waals surface area contributed by atoms with E-state index < -0.39 is 22.5 Å². The first-order valence-electron chi connectivity index (χ1n) is 11.1. The van der Waals surface area contributed by atoms with Crippen LogP contribution in [0.1, 0.15) is 27.0 Å². The van der Waals surface area contributed by atoms with Gasteiger partial charge in [-0.15, -0.1) is 6.58 Å². The van der Waals surface area contributed by atoms with Gasteiger partial charge in [-0.05, 0) is 68.3 Å². The third kappa shape index (κ3) is 6.36. The lowest BCUT2D eigenvalue weighted by Gasteiger charge is -2.25. The summed E-state index contributed by atoms with van der Waals surface area (Å²) >= 11 is 0. The summed E-state index contributed by atoms with van der Waals surface area (Å²) in [5.74, 6) is -0.956. The predicted octanol–water partition coefficient (Wildman–Crippen LogP) is 4.36. The second kappa shape index (κ2) is 11.0. The van der Waals surface area contributed by atoms with E-state index in [-0.39, 0.29) is 28.6 Å². The van der Waals surface area contributed by atoms with Gasteiger partial charge in [0.25, 0.3) is 15.9 Å². The van der Waals surface area contributed by atoms with Crippen LogP contribution < -0.4 is 14.9 Å². The van der Waals surface area contributed by atoms with Gasteiger partial charge < -0.3 is 10.6 Å². The van der Waals surface area contributed by atoms with Crippen molar-refractivity contribution in [1.82, 2.24) is 5.32 Å². The maximum absolute atomic E-state index is 13.6. The second-order valence-corrected chi connectivity index (χ2v) is 10.1.